The summed E-state index contributed by atoms with van der Waals surface area (Å²) in [6, 6.07) is 4.22. The molecule has 0 aromatic heterocycles. The molecular weight excluding hydrogens is 291 g/mol. The molecule has 22 heavy (non-hydrogen) atoms. The number of rotatable bonds is 3. The lowest BCUT2D eigenvalue weighted by Gasteiger charge is -2.30. The standard InChI is InChI=1S/C16H22F3N3/c17-16(18,19)14-4-3-13(12-21-9-5-20-6-10-21)15(11-14)22-7-1-2-8-22/h3-4,11,20H,1-2,5-10,12H2. The molecule has 2 fully saturated rings. The zero-order valence-electron chi connectivity index (χ0n) is 12.6. The highest BCUT2D eigenvalue weighted by Crippen LogP contribution is 2.35. The third kappa shape index (κ3) is 3.55. The molecule has 3 rings (SSSR count). The van der Waals surface area contributed by atoms with Crippen molar-refractivity contribution in [2.24, 2.45) is 0 Å². The van der Waals surface area contributed by atoms with Gasteiger partial charge < -0.3 is 10.2 Å². The fourth-order valence-electron chi connectivity index (χ4n) is 3.24. The normalized spacial score (nSPS) is 20.6. The first kappa shape index (κ1) is 15.6. The van der Waals surface area contributed by atoms with Gasteiger partial charge in [0.05, 0.1) is 5.56 Å². The van der Waals surface area contributed by atoms with Gasteiger partial charge in [0, 0.05) is 51.5 Å². The lowest BCUT2D eigenvalue weighted by molar-refractivity contribution is -0.137. The van der Waals surface area contributed by atoms with Crippen LogP contribution < -0.4 is 10.2 Å². The maximum Gasteiger partial charge on any atom is 0.416 e. The van der Waals surface area contributed by atoms with Gasteiger partial charge in [-0.25, -0.2) is 0 Å². The van der Waals surface area contributed by atoms with Crippen LogP contribution in [0.5, 0.6) is 0 Å². The predicted octanol–water partition coefficient (Wildman–Crippen LogP) is 2.71. The highest BCUT2D eigenvalue weighted by Gasteiger charge is 2.32. The van der Waals surface area contributed by atoms with Crippen LogP contribution in [0.15, 0.2) is 18.2 Å². The fourth-order valence-corrected chi connectivity index (χ4v) is 3.24. The van der Waals surface area contributed by atoms with Crippen LogP contribution in [0.3, 0.4) is 0 Å². The van der Waals surface area contributed by atoms with Crippen molar-refractivity contribution < 1.29 is 13.2 Å². The van der Waals surface area contributed by atoms with Crippen molar-refractivity contribution >= 4 is 5.69 Å². The number of piperazine rings is 1. The molecule has 0 bridgehead atoms. The van der Waals surface area contributed by atoms with Crippen molar-refractivity contribution in [3.05, 3.63) is 29.3 Å². The predicted molar refractivity (Wildman–Crippen MR) is 81.0 cm³/mol. The van der Waals surface area contributed by atoms with E-state index >= 15 is 0 Å². The summed E-state index contributed by atoms with van der Waals surface area (Å²) in [5, 5.41) is 3.30. The van der Waals surface area contributed by atoms with Crippen molar-refractivity contribution in [3.8, 4) is 0 Å². The first-order chi connectivity index (χ1) is 10.5. The highest BCUT2D eigenvalue weighted by molar-refractivity contribution is 5.56. The molecule has 0 amide bonds. The summed E-state index contributed by atoms with van der Waals surface area (Å²) < 4.78 is 39.0. The Balaban J connectivity index is 1.86. The largest absolute Gasteiger partial charge is 0.416 e. The third-order valence-corrected chi connectivity index (χ3v) is 4.46. The minimum Gasteiger partial charge on any atom is -0.371 e. The molecule has 0 atom stereocenters. The molecule has 0 saturated carbocycles. The van der Waals surface area contributed by atoms with Gasteiger partial charge in [-0.2, -0.15) is 13.2 Å². The molecule has 0 aliphatic carbocycles. The Hall–Kier alpha value is -1.27. The molecular formula is C16H22F3N3. The molecule has 3 nitrogen and oxygen atoms in total. The molecule has 2 saturated heterocycles. The summed E-state index contributed by atoms with van der Waals surface area (Å²) in [5.74, 6) is 0. The number of hydrogen-bond donors (Lipinski definition) is 1. The van der Waals surface area contributed by atoms with E-state index in [-0.39, 0.29) is 0 Å². The lowest BCUT2D eigenvalue weighted by atomic mass is 10.1. The number of hydrogen-bond acceptors (Lipinski definition) is 3. The second-order valence-electron chi connectivity index (χ2n) is 6.06. The van der Waals surface area contributed by atoms with E-state index in [4.69, 9.17) is 0 Å². The number of anilines is 1. The molecule has 1 aromatic carbocycles. The minimum absolute atomic E-state index is 0.543. The minimum atomic E-state index is -4.28. The Morgan fingerprint density at radius 3 is 2.32 bits per heavy atom. The van der Waals surface area contributed by atoms with Crippen molar-refractivity contribution in [3.63, 3.8) is 0 Å². The molecule has 0 radical (unpaired) electrons. The molecule has 122 valence electrons. The maximum absolute atomic E-state index is 13.0. The first-order valence-electron chi connectivity index (χ1n) is 7.92. The van der Waals surface area contributed by atoms with Gasteiger partial charge in [0.1, 0.15) is 0 Å². The van der Waals surface area contributed by atoms with Gasteiger partial charge in [0.25, 0.3) is 0 Å². The van der Waals surface area contributed by atoms with Gasteiger partial charge in [-0.15, -0.1) is 0 Å². The SMILES string of the molecule is FC(F)(F)c1ccc(CN2CCNCC2)c(N2CCCC2)c1. The molecule has 2 aliphatic heterocycles. The van der Waals surface area contributed by atoms with E-state index in [2.05, 4.69) is 15.1 Å². The molecule has 0 spiro atoms. The van der Waals surface area contributed by atoms with Crippen LogP contribution in [0.1, 0.15) is 24.0 Å². The van der Waals surface area contributed by atoms with E-state index < -0.39 is 11.7 Å². The summed E-state index contributed by atoms with van der Waals surface area (Å²) in [7, 11) is 0. The molecule has 0 unspecified atom stereocenters. The average Bonchev–Trinajstić information content (AvgIpc) is 3.01. The van der Waals surface area contributed by atoms with Crippen LogP contribution >= 0.6 is 0 Å². The van der Waals surface area contributed by atoms with E-state index in [1.54, 1.807) is 6.07 Å². The monoisotopic (exact) mass is 313 g/mol. The van der Waals surface area contributed by atoms with Gasteiger partial charge in [-0.1, -0.05) is 6.07 Å². The number of benzene rings is 1. The molecule has 1 N–H and O–H groups in total. The number of halogens is 3. The summed E-state index contributed by atoms with van der Waals surface area (Å²) in [4.78, 5) is 4.41. The second kappa shape index (κ2) is 6.46. The first-order valence-corrected chi connectivity index (χ1v) is 7.92. The Bertz CT molecular complexity index is 504. The highest BCUT2D eigenvalue weighted by atomic mass is 19.4. The lowest BCUT2D eigenvalue weighted by Crippen LogP contribution is -2.43. The van der Waals surface area contributed by atoms with Gasteiger partial charge in [0.15, 0.2) is 0 Å². The quantitative estimate of drug-likeness (QED) is 0.926. The number of nitrogens with zero attached hydrogens (tertiary/aromatic N) is 2. The van der Waals surface area contributed by atoms with Crippen LogP contribution in [0, 0.1) is 0 Å². The Kier molecular flexibility index (Phi) is 4.59. The van der Waals surface area contributed by atoms with E-state index in [1.807, 2.05) is 0 Å². The second-order valence-corrected chi connectivity index (χ2v) is 6.06. The fraction of sp³-hybridized carbons (Fsp3) is 0.625. The van der Waals surface area contributed by atoms with Gasteiger partial charge in [0.2, 0.25) is 0 Å². The third-order valence-electron chi connectivity index (χ3n) is 4.46. The number of nitrogens with one attached hydrogen (secondary N) is 1. The van der Waals surface area contributed by atoms with E-state index in [0.29, 0.717) is 0 Å². The summed E-state index contributed by atoms with van der Waals surface area (Å²) in [6.45, 7) is 6.22. The van der Waals surface area contributed by atoms with Crippen LogP contribution in [0.2, 0.25) is 0 Å². The Morgan fingerprint density at radius 1 is 1.00 bits per heavy atom. The van der Waals surface area contributed by atoms with Gasteiger partial charge >= 0.3 is 6.18 Å². The summed E-state index contributed by atoms with van der Waals surface area (Å²) >= 11 is 0. The Morgan fingerprint density at radius 2 is 1.68 bits per heavy atom. The number of alkyl halides is 3. The van der Waals surface area contributed by atoms with Crippen molar-refractivity contribution in [2.75, 3.05) is 44.2 Å². The molecule has 1 aromatic rings. The molecule has 2 aliphatic rings. The van der Waals surface area contributed by atoms with Crippen molar-refractivity contribution in [2.45, 2.75) is 25.6 Å². The smallest absolute Gasteiger partial charge is 0.371 e. The van der Waals surface area contributed by atoms with Crippen LogP contribution in [0.25, 0.3) is 0 Å². The van der Waals surface area contributed by atoms with Crippen LogP contribution in [-0.4, -0.2) is 44.2 Å². The van der Waals surface area contributed by atoms with Crippen molar-refractivity contribution in [1.29, 1.82) is 0 Å². The average molecular weight is 313 g/mol. The van der Waals surface area contributed by atoms with Crippen LogP contribution in [0.4, 0.5) is 18.9 Å². The molecule has 2 heterocycles. The zero-order chi connectivity index (χ0) is 15.6. The van der Waals surface area contributed by atoms with E-state index in [9.17, 15) is 13.2 Å². The maximum atomic E-state index is 13.0. The molecule has 6 heteroatoms. The topological polar surface area (TPSA) is 18.5 Å². The Labute approximate surface area is 129 Å². The summed E-state index contributed by atoms with van der Waals surface area (Å²) in [5.41, 5.74) is 1.24. The van der Waals surface area contributed by atoms with Gasteiger partial charge in [-0.3, -0.25) is 4.90 Å². The van der Waals surface area contributed by atoms with Gasteiger partial charge in [-0.05, 0) is 30.5 Å². The summed E-state index contributed by atoms with van der Waals surface area (Å²) in [6.07, 6.45) is -2.16. The van der Waals surface area contributed by atoms with Crippen LogP contribution in [-0.2, 0) is 12.7 Å². The van der Waals surface area contributed by atoms with E-state index in [0.717, 1.165) is 69.9 Å². The zero-order valence-corrected chi connectivity index (χ0v) is 12.6. The van der Waals surface area contributed by atoms with E-state index in [1.165, 1.54) is 12.1 Å². The van der Waals surface area contributed by atoms with Crippen molar-refractivity contribution in [1.82, 2.24) is 10.2 Å².